The van der Waals surface area contributed by atoms with Crippen LogP contribution in [0.3, 0.4) is 0 Å². The molecule has 6 rings (SSSR count). The molecule has 1 aromatic heterocycles. The van der Waals surface area contributed by atoms with Crippen LogP contribution in [-0.2, 0) is 5.54 Å². The number of pyridine rings is 1. The Labute approximate surface area is 215 Å². The highest BCUT2D eigenvalue weighted by atomic mass is 19.3. The Morgan fingerprint density at radius 2 is 1.74 bits per heavy atom. The summed E-state index contributed by atoms with van der Waals surface area (Å²) in [7, 11) is 0. The second kappa shape index (κ2) is 9.62. The lowest BCUT2D eigenvalue weighted by Gasteiger charge is -2.49. The number of fused-ring (bicyclic) bond motifs is 3. The van der Waals surface area contributed by atoms with E-state index in [1.54, 1.807) is 0 Å². The molecule has 4 heterocycles. The van der Waals surface area contributed by atoms with Crippen LogP contribution in [0.25, 0.3) is 0 Å². The summed E-state index contributed by atoms with van der Waals surface area (Å²) >= 11 is 0. The minimum absolute atomic E-state index is 0.0291. The highest BCUT2D eigenvalue weighted by molar-refractivity contribution is 5.99. The molecule has 3 saturated heterocycles. The van der Waals surface area contributed by atoms with Crippen LogP contribution in [0.4, 0.5) is 32.0 Å². The highest BCUT2D eigenvalue weighted by Crippen LogP contribution is 2.48. The number of amides is 1. The van der Waals surface area contributed by atoms with E-state index >= 15 is 4.39 Å². The summed E-state index contributed by atoms with van der Waals surface area (Å²) in [5.74, 6) is -2.02. The number of rotatable bonds is 8. The van der Waals surface area contributed by atoms with Gasteiger partial charge in [-0.15, -0.1) is 0 Å². The summed E-state index contributed by atoms with van der Waals surface area (Å²) in [5, 5.41) is 5.49. The van der Waals surface area contributed by atoms with Gasteiger partial charge in [-0.3, -0.25) is 9.59 Å². The maximum Gasteiger partial charge on any atom is 0.266 e. The monoisotopic (exact) mass is 542 g/mol. The molecule has 0 spiro atoms. The Hall–Kier alpha value is -3.02. The minimum Gasteiger partial charge on any atom is -0.377 e. The van der Waals surface area contributed by atoms with Crippen molar-refractivity contribution >= 4 is 11.6 Å². The van der Waals surface area contributed by atoms with Crippen LogP contribution in [0.15, 0.2) is 35.3 Å². The molecular formula is C26H28F6N4O2. The zero-order chi connectivity index (χ0) is 27.4. The normalized spacial score (nSPS) is 26.4. The fraction of sp³-hybridized carbons (Fsp3) is 0.538. The number of hydrogen-bond acceptors (Lipinski definition) is 4. The van der Waals surface area contributed by atoms with Crippen LogP contribution in [0.5, 0.6) is 0 Å². The third-order valence-electron chi connectivity index (χ3n) is 8.14. The van der Waals surface area contributed by atoms with Gasteiger partial charge in [-0.25, -0.2) is 26.3 Å². The molecule has 12 heteroatoms. The highest BCUT2D eigenvalue weighted by Gasteiger charge is 2.54. The van der Waals surface area contributed by atoms with E-state index in [1.807, 2.05) is 0 Å². The number of benzene rings is 1. The quantitative estimate of drug-likeness (QED) is 0.472. The summed E-state index contributed by atoms with van der Waals surface area (Å²) in [6, 6.07) is 2.63. The Bertz CT molecular complexity index is 1290. The first-order chi connectivity index (χ1) is 17.9. The van der Waals surface area contributed by atoms with Crippen LogP contribution in [-0.4, -0.2) is 53.1 Å². The maximum absolute atomic E-state index is 15.6. The van der Waals surface area contributed by atoms with Gasteiger partial charge in [-0.1, -0.05) is 18.2 Å². The van der Waals surface area contributed by atoms with Crippen molar-refractivity contribution in [3.63, 3.8) is 0 Å². The molecule has 2 aromatic rings. The smallest absolute Gasteiger partial charge is 0.266 e. The topological polar surface area (TPSA) is 66.4 Å². The fourth-order valence-corrected chi connectivity index (χ4v) is 5.54. The van der Waals surface area contributed by atoms with Crippen molar-refractivity contribution in [3.8, 4) is 0 Å². The first kappa shape index (κ1) is 26.6. The number of hydrogen-bond donors (Lipinski definition) is 2. The first-order valence-electron chi connectivity index (χ1n) is 12.6. The third kappa shape index (κ3) is 4.56. The predicted octanol–water partition coefficient (Wildman–Crippen LogP) is 4.77. The van der Waals surface area contributed by atoms with Crippen LogP contribution < -0.4 is 16.2 Å². The van der Waals surface area contributed by atoms with E-state index in [0.717, 1.165) is 22.9 Å². The molecule has 1 saturated carbocycles. The number of carbonyl (C=O) groups excluding carboxylic acids is 1. The third-order valence-corrected chi connectivity index (χ3v) is 8.14. The molecule has 3 aliphatic heterocycles. The molecule has 2 N–H and O–H groups in total. The van der Waals surface area contributed by atoms with Crippen molar-refractivity contribution < 1.29 is 31.1 Å². The summed E-state index contributed by atoms with van der Waals surface area (Å²) in [6.07, 6.45) is -4.24. The maximum atomic E-state index is 15.6. The molecule has 2 atom stereocenters. The van der Waals surface area contributed by atoms with Gasteiger partial charge in [0.25, 0.3) is 24.3 Å². The molecule has 0 unspecified atom stereocenters. The summed E-state index contributed by atoms with van der Waals surface area (Å²) < 4.78 is 85.2. The van der Waals surface area contributed by atoms with E-state index in [4.69, 9.17) is 0 Å². The zero-order valence-electron chi connectivity index (χ0n) is 20.6. The first-order valence-corrected chi connectivity index (χ1v) is 12.6. The molecule has 1 aromatic carbocycles. The number of carbonyl (C=O) groups is 1. The lowest BCUT2D eigenvalue weighted by Crippen LogP contribution is -2.62. The Balaban J connectivity index is 1.49. The van der Waals surface area contributed by atoms with E-state index in [2.05, 4.69) is 15.5 Å². The van der Waals surface area contributed by atoms with Crippen molar-refractivity contribution in [1.29, 1.82) is 0 Å². The van der Waals surface area contributed by atoms with Crippen molar-refractivity contribution in [2.24, 2.45) is 0 Å². The average molecular weight is 543 g/mol. The van der Waals surface area contributed by atoms with Gasteiger partial charge in [0.2, 0.25) is 0 Å². The van der Waals surface area contributed by atoms with Crippen LogP contribution in [0.1, 0.15) is 66.6 Å². The molecule has 2 bridgehead atoms. The SMILES string of the molecule is C[C@@H](NC(=O)c1cn(C2(C(F)F)CC2)c(=O)cc1N[C@@H]1CN2CCC1(F)CC2)c1cccc(C(F)F)c1F. The number of piperidine rings is 3. The molecule has 4 fully saturated rings. The summed E-state index contributed by atoms with van der Waals surface area (Å²) in [5.41, 5.74) is -5.30. The van der Waals surface area contributed by atoms with E-state index in [-0.39, 0.29) is 42.5 Å². The Morgan fingerprint density at radius 3 is 2.32 bits per heavy atom. The van der Waals surface area contributed by atoms with Gasteiger partial charge >= 0.3 is 0 Å². The lowest BCUT2D eigenvalue weighted by molar-refractivity contribution is -0.0176. The molecule has 38 heavy (non-hydrogen) atoms. The van der Waals surface area contributed by atoms with E-state index in [0.29, 0.717) is 19.6 Å². The largest absolute Gasteiger partial charge is 0.377 e. The van der Waals surface area contributed by atoms with Gasteiger partial charge in [0, 0.05) is 37.5 Å². The molecule has 0 radical (unpaired) electrons. The van der Waals surface area contributed by atoms with Crippen LogP contribution in [0.2, 0.25) is 0 Å². The zero-order valence-corrected chi connectivity index (χ0v) is 20.6. The van der Waals surface area contributed by atoms with Crippen molar-refractivity contribution in [2.75, 3.05) is 25.0 Å². The van der Waals surface area contributed by atoms with Crippen molar-refractivity contribution in [2.45, 2.75) is 68.7 Å². The predicted molar refractivity (Wildman–Crippen MR) is 128 cm³/mol. The number of aromatic nitrogens is 1. The van der Waals surface area contributed by atoms with Gasteiger partial charge in [0.15, 0.2) is 0 Å². The summed E-state index contributed by atoms with van der Waals surface area (Å²) in [4.78, 5) is 28.4. The van der Waals surface area contributed by atoms with Crippen LogP contribution in [0, 0.1) is 5.82 Å². The van der Waals surface area contributed by atoms with Gasteiger partial charge in [-0.2, -0.15) is 0 Å². The standard InChI is InChI=1S/C26H28F6N4O2/c1-14(15-3-2-4-16(21(15)27)22(28)29)33-23(38)17-12-36(26(5-6-26)24(30)31)20(37)11-18(17)34-19-13-35-9-7-25(19,32)8-10-35/h2-4,11-12,14,19,22,24,34H,5-10,13H2,1H3,(H,33,38)/t14-,19-/m1/s1. The number of halogens is 6. The molecule has 6 nitrogen and oxygen atoms in total. The second-order valence-electron chi connectivity index (χ2n) is 10.5. The van der Waals surface area contributed by atoms with Crippen molar-refractivity contribution in [1.82, 2.24) is 14.8 Å². The number of anilines is 1. The van der Waals surface area contributed by atoms with E-state index in [9.17, 15) is 31.5 Å². The van der Waals surface area contributed by atoms with E-state index < -0.39 is 59.0 Å². The van der Waals surface area contributed by atoms with Gasteiger partial charge in [0.05, 0.1) is 28.9 Å². The molecule has 1 aliphatic carbocycles. The van der Waals surface area contributed by atoms with Crippen molar-refractivity contribution in [3.05, 3.63) is 63.3 Å². The van der Waals surface area contributed by atoms with Crippen LogP contribution >= 0.6 is 0 Å². The molecule has 4 aliphatic rings. The molecule has 206 valence electrons. The van der Waals surface area contributed by atoms with Gasteiger partial charge in [-0.05, 0) is 32.6 Å². The van der Waals surface area contributed by atoms with Gasteiger partial charge < -0.3 is 20.1 Å². The number of alkyl halides is 5. The van der Waals surface area contributed by atoms with Gasteiger partial charge in [0.1, 0.15) is 17.0 Å². The number of nitrogens with zero attached hydrogens (tertiary/aromatic N) is 2. The Morgan fingerprint density at radius 1 is 1.08 bits per heavy atom. The number of nitrogens with one attached hydrogen (secondary N) is 2. The second-order valence-corrected chi connectivity index (χ2v) is 10.5. The Kier molecular flexibility index (Phi) is 6.73. The fourth-order valence-electron chi connectivity index (χ4n) is 5.54. The minimum atomic E-state index is -3.06. The molecule has 1 amide bonds. The van der Waals surface area contributed by atoms with E-state index in [1.165, 1.54) is 19.1 Å². The molecular weight excluding hydrogens is 514 g/mol. The lowest BCUT2D eigenvalue weighted by atomic mass is 9.80. The summed E-state index contributed by atoms with van der Waals surface area (Å²) in [6.45, 7) is 2.90. The average Bonchev–Trinajstić information content (AvgIpc) is 3.67.